The van der Waals surface area contributed by atoms with Crippen LogP contribution in [0.15, 0.2) is 29.4 Å². The summed E-state index contributed by atoms with van der Waals surface area (Å²) in [4.78, 5) is 20.8. The zero-order valence-electron chi connectivity index (χ0n) is 13.7. The van der Waals surface area contributed by atoms with Crippen LogP contribution >= 0.6 is 0 Å². The summed E-state index contributed by atoms with van der Waals surface area (Å²) in [5, 5.41) is 9.12. The van der Waals surface area contributed by atoms with Crippen molar-refractivity contribution in [2.45, 2.75) is 18.7 Å². The van der Waals surface area contributed by atoms with Gasteiger partial charge in [-0.05, 0) is 37.1 Å². The Morgan fingerprint density at radius 2 is 1.75 bits per heavy atom. The Morgan fingerprint density at radius 1 is 1.17 bits per heavy atom. The number of sulfonamides is 1. The van der Waals surface area contributed by atoms with E-state index in [0.29, 0.717) is 17.1 Å². The zero-order chi connectivity index (χ0) is 18.1. The van der Waals surface area contributed by atoms with E-state index in [0.717, 1.165) is 6.07 Å². The Labute approximate surface area is 140 Å². The molecule has 8 nitrogen and oxygen atoms in total. The Kier molecular flexibility index (Phi) is 4.74. The van der Waals surface area contributed by atoms with Crippen LogP contribution in [0, 0.1) is 13.8 Å². The molecule has 2 rings (SSSR count). The molecule has 0 spiro atoms. The number of benzene rings is 1. The van der Waals surface area contributed by atoms with Crippen molar-refractivity contribution in [1.82, 2.24) is 9.97 Å². The van der Waals surface area contributed by atoms with Crippen molar-refractivity contribution >= 4 is 27.6 Å². The molecule has 0 aliphatic carbocycles. The lowest BCUT2D eigenvalue weighted by Crippen LogP contribution is -2.17. The minimum Gasteiger partial charge on any atom is -0.478 e. The van der Waals surface area contributed by atoms with E-state index in [1.807, 2.05) is 0 Å². The van der Waals surface area contributed by atoms with Crippen molar-refractivity contribution in [2.24, 2.45) is 0 Å². The first kappa shape index (κ1) is 17.7. The van der Waals surface area contributed by atoms with E-state index < -0.39 is 16.0 Å². The van der Waals surface area contributed by atoms with E-state index >= 15 is 0 Å². The molecule has 9 heteroatoms. The number of anilines is 2. The Bertz CT molecular complexity index is 877. The SMILES string of the molecule is Cc1cc(C(=O)O)cc(S(=O)(=O)Nc2cnc(N(C)C)nc2)c1C. The average Bonchev–Trinajstić information content (AvgIpc) is 2.49. The van der Waals surface area contributed by atoms with Crippen LogP contribution in [0.2, 0.25) is 0 Å². The number of hydrogen-bond acceptors (Lipinski definition) is 6. The van der Waals surface area contributed by atoms with E-state index in [-0.39, 0.29) is 16.1 Å². The van der Waals surface area contributed by atoms with Crippen molar-refractivity contribution in [3.05, 3.63) is 41.2 Å². The van der Waals surface area contributed by atoms with E-state index in [1.165, 1.54) is 18.5 Å². The minimum absolute atomic E-state index is 0.0855. The zero-order valence-corrected chi connectivity index (χ0v) is 14.5. The van der Waals surface area contributed by atoms with Gasteiger partial charge in [-0.25, -0.2) is 23.2 Å². The van der Waals surface area contributed by atoms with Crippen LogP contribution in [0.1, 0.15) is 21.5 Å². The Morgan fingerprint density at radius 3 is 2.25 bits per heavy atom. The lowest BCUT2D eigenvalue weighted by Gasteiger charge is -2.14. The predicted molar refractivity (Wildman–Crippen MR) is 90.0 cm³/mol. The van der Waals surface area contributed by atoms with E-state index in [1.54, 1.807) is 32.8 Å². The molecule has 128 valence electrons. The molecule has 0 fully saturated rings. The maximum Gasteiger partial charge on any atom is 0.335 e. The highest BCUT2D eigenvalue weighted by atomic mass is 32.2. The lowest BCUT2D eigenvalue weighted by molar-refractivity contribution is 0.0696. The number of hydrogen-bond donors (Lipinski definition) is 2. The molecule has 0 aliphatic rings. The number of carbonyl (C=O) groups is 1. The summed E-state index contributed by atoms with van der Waals surface area (Å²) in [7, 11) is -0.429. The third-order valence-electron chi connectivity index (χ3n) is 3.45. The number of rotatable bonds is 5. The van der Waals surface area contributed by atoms with E-state index in [9.17, 15) is 13.2 Å². The first-order valence-corrected chi connectivity index (χ1v) is 8.47. The number of carboxylic acids is 1. The van der Waals surface area contributed by atoms with Crippen LogP contribution in [0.25, 0.3) is 0 Å². The molecule has 1 aromatic carbocycles. The van der Waals surface area contributed by atoms with Crippen LogP contribution in [0.5, 0.6) is 0 Å². The molecule has 0 amide bonds. The number of aryl methyl sites for hydroxylation is 1. The summed E-state index contributed by atoms with van der Waals surface area (Å²) in [6.45, 7) is 3.29. The molecule has 1 heterocycles. The third-order valence-corrected chi connectivity index (χ3v) is 4.95. The number of aromatic nitrogens is 2. The Hall–Kier alpha value is -2.68. The van der Waals surface area contributed by atoms with Crippen molar-refractivity contribution in [2.75, 3.05) is 23.7 Å². The molecule has 0 saturated carbocycles. The predicted octanol–water partition coefficient (Wildman–Crippen LogP) is 1.66. The minimum atomic E-state index is -3.96. The van der Waals surface area contributed by atoms with Crippen LogP contribution in [0.4, 0.5) is 11.6 Å². The smallest absolute Gasteiger partial charge is 0.335 e. The topological polar surface area (TPSA) is 112 Å². The van der Waals surface area contributed by atoms with Crippen LogP contribution < -0.4 is 9.62 Å². The van der Waals surface area contributed by atoms with Crippen molar-refractivity contribution in [3.8, 4) is 0 Å². The highest BCUT2D eigenvalue weighted by Crippen LogP contribution is 2.23. The largest absolute Gasteiger partial charge is 0.478 e. The van der Waals surface area contributed by atoms with Gasteiger partial charge in [0.1, 0.15) is 0 Å². The van der Waals surface area contributed by atoms with Gasteiger partial charge in [-0.15, -0.1) is 0 Å². The maximum absolute atomic E-state index is 12.6. The second-order valence-electron chi connectivity index (χ2n) is 5.49. The van der Waals surface area contributed by atoms with Crippen molar-refractivity contribution < 1.29 is 18.3 Å². The second-order valence-corrected chi connectivity index (χ2v) is 7.14. The lowest BCUT2D eigenvalue weighted by atomic mass is 10.1. The van der Waals surface area contributed by atoms with Gasteiger partial charge in [0.25, 0.3) is 10.0 Å². The van der Waals surface area contributed by atoms with E-state index in [4.69, 9.17) is 5.11 Å². The van der Waals surface area contributed by atoms with Gasteiger partial charge >= 0.3 is 5.97 Å². The molecule has 2 N–H and O–H groups in total. The molecule has 0 radical (unpaired) electrons. The highest BCUT2D eigenvalue weighted by molar-refractivity contribution is 7.92. The second kappa shape index (κ2) is 6.44. The van der Waals surface area contributed by atoms with Gasteiger partial charge in [0.2, 0.25) is 5.95 Å². The third kappa shape index (κ3) is 3.62. The molecule has 24 heavy (non-hydrogen) atoms. The van der Waals surface area contributed by atoms with Gasteiger partial charge in [-0.1, -0.05) is 0 Å². The average molecular weight is 350 g/mol. The Balaban J connectivity index is 2.42. The van der Waals surface area contributed by atoms with Gasteiger partial charge in [-0.3, -0.25) is 4.72 Å². The van der Waals surface area contributed by atoms with Crippen LogP contribution in [-0.4, -0.2) is 43.6 Å². The summed E-state index contributed by atoms with van der Waals surface area (Å²) >= 11 is 0. The number of nitrogens with one attached hydrogen (secondary N) is 1. The van der Waals surface area contributed by atoms with Crippen LogP contribution in [0.3, 0.4) is 0 Å². The summed E-state index contributed by atoms with van der Waals surface area (Å²) < 4.78 is 27.6. The molecule has 0 atom stereocenters. The summed E-state index contributed by atoms with van der Waals surface area (Å²) in [5.74, 6) is -0.744. The molecule has 0 aliphatic heterocycles. The van der Waals surface area contributed by atoms with Crippen LogP contribution in [-0.2, 0) is 10.0 Å². The first-order valence-electron chi connectivity index (χ1n) is 6.98. The standard InChI is InChI=1S/C15H18N4O4S/c1-9-5-11(14(20)21)6-13(10(9)2)24(22,23)18-12-7-16-15(17-8-12)19(3)4/h5-8,18H,1-4H3,(H,20,21). The highest BCUT2D eigenvalue weighted by Gasteiger charge is 2.21. The fourth-order valence-corrected chi connectivity index (χ4v) is 3.42. The van der Waals surface area contributed by atoms with Gasteiger partial charge in [0.05, 0.1) is 28.5 Å². The summed E-state index contributed by atoms with van der Waals surface area (Å²) in [6.07, 6.45) is 2.70. The molecular weight excluding hydrogens is 332 g/mol. The number of aromatic carboxylic acids is 1. The number of carboxylic acid groups (broad SMARTS) is 1. The van der Waals surface area contributed by atoms with Crippen molar-refractivity contribution in [3.63, 3.8) is 0 Å². The molecule has 2 aromatic rings. The molecule has 0 unspecified atom stereocenters. The van der Waals surface area contributed by atoms with Gasteiger partial charge in [-0.2, -0.15) is 0 Å². The quantitative estimate of drug-likeness (QED) is 0.843. The summed E-state index contributed by atoms with van der Waals surface area (Å²) in [6, 6.07) is 2.58. The monoisotopic (exact) mass is 350 g/mol. The first-order chi connectivity index (χ1) is 11.1. The van der Waals surface area contributed by atoms with Crippen molar-refractivity contribution in [1.29, 1.82) is 0 Å². The number of nitrogens with zero attached hydrogens (tertiary/aromatic N) is 3. The maximum atomic E-state index is 12.6. The molecule has 0 saturated heterocycles. The van der Waals surface area contributed by atoms with Gasteiger partial charge < -0.3 is 10.0 Å². The summed E-state index contributed by atoms with van der Waals surface area (Å²) in [5.41, 5.74) is 1.17. The van der Waals surface area contributed by atoms with Gasteiger partial charge in [0.15, 0.2) is 0 Å². The molecule has 0 bridgehead atoms. The molecular formula is C15H18N4O4S. The van der Waals surface area contributed by atoms with Gasteiger partial charge in [0, 0.05) is 14.1 Å². The molecule has 1 aromatic heterocycles. The normalized spacial score (nSPS) is 11.2. The fraction of sp³-hybridized carbons (Fsp3) is 0.267. The fourth-order valence-electron chi connectivity index (χ4n) is 2.04. The van der Waals surface area contributed by atoms with E-state index in [2.05, 4.69) is 14.7 Å².